The van der Waals surface area contributed by atoms with Crippen molar-refractivity contribution in [2.45, 2.75) is 40.7 Å². The highest BCUT2D eigenvalue weighted by molar-refractivity contribution is 7.17. The lowest BCUT2D eigenvalue weighted by atomic mass is 10.1. The van der Waals surface area contributed by atoms with E-state index in [4.69, 9.17) is 9.15 Å². The number of aromatic nitrogens is 3. The van der Waals surface area contributed by atoms with Crippen molar-refractivity contribution < 1.29 is 13.9 Å². The number of nitrogens with zero attached hydrogens (tertiary/aromatic N) is 3. The van der Waals surface area contributed by atoms with Gasteiger partial charge in [-0.25, -0.2) is 9.67 Å². The SMILES string of the molecule is CCOc1cccc2cc(C(C)NC(=O)c3sc(-c4c(C)c(C)nn(C)c4=O)nc3C)oc12. The minimum atomic E-state index is -0.373. The third kappa shape index (κ3) is 4.16. The largest absolute Gasteiger partial charge is 0.490 e. The maximum Gasteiger partial charge on any atom is 0.277 e. The van der Waals surface area contributed by atoms with Crippen molar-refractivity contribution >= 4 is 28.2 Å². The number of benzene rings is 1. The molecule has 0 bridgehead atoms. The number of aryl methyl sites for hydroxylation is 3. The molecule has 0 aliphatic rings. The lowest BCUT2D eigenvalue weighted by molar-refractivity contribution is 0.0939. The molecule has 1 N–H and O–H groups in total. The molecule has 3 heterocycles. The van der Waals surface area contributed by atoms with Crippen LogP contribution in [-0.2, 0) is 7.05 Å². The summed E-state index contributed by atoms with van der Waals surface area (Å²) >= 11 is 1.20. The Kier molecular flexibility index (Phi) is 6.07. The van der Waals surface area contributed by atoms with Gasteiger partial charge in [0.05, 0.1) is 29.6 Å². The monoisotopic (exact) mass is 466 g/mol. The Balaban J connectivity index is 1.62. The summed E-state index contributed by atoms with van der Waals surface area (Å²) in [5.41, 5.74) is 2.98. The molecule has 1 atom stereocenters. The van der Waals surface area contributed by atoms with Gasteiger partial charge < -0.3 is 14.5 Å². The second-order valence-electron chi connectivity index (χ2n) is 7.90. The molecule has 4 rings (SSSR count). The van der Waals surface area contributed by atoms with Gasteiger partial charge in [0, 0.05) is 12.4 Å². The van der Waals surface area contributed by atoms with E-state index in [1.807, 2.05) is 52.0 Å². The Morgan fingerprint density at radius 3 is 2.76 bits per heavy atom. The summed E-state index contributed by atoms with van der Waals surface area (Å²) in [6.07, 6.45) is 0. The normalized spacial score (nSPS) is 12.2. The Morgan fingerprint density at radius 1 is 1.27 bits per heavy atom. The van der Waals surface area contributed by atoms with Gasteiger partial charge in [0.25, 0.3) is 11.5 Å². The van der Waals surface area contributed by atoms with E-state index in [0.29, 0.717) is 44.8 Å². The van der Waals surface area contributed by atoms with Crippen LogP contribution < -0.4 is 15.6 Å². The van der Waals surface area contributed by atoms with Gasteiger partial charge in [-0.2, -0.15) is 5.10 Å². The number of furan rings is 1. The lowest BCUT2D eigenvalue weighted by Crippen LogP contribution is -2.26. The van der Waals surface area contributed by atoms with Gasteiger partial charge in [-0.3, -0.25) is 9.59 Å². The third-order valence-corrected chi connectivity index (χ3v) is 6.72. The van der Waals surface area contributed by atoms with E-state index >= 15 is 0 Å². The van der Waals surface area contributed by atoms with Crippen LogP contribution in [0.25, 0.3) is 21.5 Å². The molecule has 4 aromatic rings. The van der Waals surface area contributed by atoms with Crippen LogP contribution in [0.3, 0.4) is 0 Å². The predicted octanol–water partition coefficient (Wildman–Crippen LogP) is 4.46. The summed E-state index contributed by atoms with van der Waals surface area (Å²) in [6.45, 7) is 9.77. The average molecular weight is 467 g/mol. The molecule has 1 aromatic carbocycles. The molecule has 3 aromatic heterocycles. The molecular weight excluding hydrogens is 440 g/mol. The smallest absolute Gasteiger partial charge is 0.277 e. The van der Waals surface area contributed by atoms with Crippen molar-refractivity contribution in [3.05, 3.63) is 62.2 Å². The number of carbonyl (C=O) groups excluding carboxylic acids is 1. The maximum absolute atomic E-state index is 13.1. The molecule has 0 aliphatic carbocycles. The first-order chi connectivity index (χ1) is 15.7. The van der Waals surface area contributed by atoms with E-state index in [1.165, 1.54) is 16.0 Å². The number of hydrogen-bond acceptors (Lipinski definition) is 7. The van der Waals surface area contributed by atoms with Crippen molar-refractivity contribution in [1.29, 1.82) is 0 Å². The van der Waals surface area contributed by atoms with Crippen LogP contribution in [0.15, 0.2) is 33.5 Å². The van der Waals surface area contributed by atoms with Crippen molar-refractivity contribution in [1.82, 2.24) is 20.1 Å². The van der Waals surface area contributed by atoms with Crippen molar-refractivity contribution in [3.8, 4) is 16.3 Å². The quantitative estimate of drug-likeness (QED) is 0.450. The predicted molar refractivity (Wildman–Crippen MR) is 128 cm³/mol. The van der Waals surface area contributed by atoms with Crippen LogP contribution in [0.5, 0.6) is 5.75 Å². The van der Waals surface area contributed by atoms with Gasteiger partial charge in [0.15, 0.2) is 11.3 Å². The molecule has 33 heavy (non-hydrogen) atoms. The van der Waals surface area contributed by atoms with Crippen molar-refractivity contribution in [2.24, 2.45) is 7.05 Å². The van der Waals surface area contributed by atoms with Crippen molar-refractivity contribution in [3.63, 3.8) is 0 Å². The Morgan fingerprint density at radius 2 is 2.03 bits per heavy atom. The number of rotatable bonds is 6. The van der Waals surface area contributed by atoms with Gasteiger partial charge in [-0.15, -0.1) is 11.3 Å². The second kappa shape index (κ2) is 8.82. The standard InChI is InChI=1S/C24H26N4O4S/c1-7-31-17-10-8-9-16-11-18(32-20(16)17)14(4)25-22(29)21-15(5)26-23(33-21)19-12(2)13(3)27-28(6)24(19)30/h8-11,14H,7H2,1-6H3,(H,25,29). The Bertz CT molecular complexity index is 1420. The summed E-state index contributed by atoms with van der Waals surface area (Å²) in [6, 6.07) is 7.24. The summed E-state index contributed by atoms with van der Waals surface area (Å²) in [5, 5.41) is 8.62. The topological polar surface area (TPSA) is 99.2 Å². The second-order valence-corrected chi connectivity index (χ2v) is 8.90. The number of ether oxygens (including phenoxy) is 1. The fourth-order valence-electron chi connectivity index (χ4n) is 3.69. The molecule has 0 aliphatic heterocycles. The number of para-hydroxylation sites is 1. The summed E-state index contributed by atoms with van der Waals surface area (Å²) in [4.78, 5) is 30.8. The van der Waals surface area contributed by atoms with E-state index in [0.717, 1.165) is 16.6 Å². The van der Waals surface area contributed by atoms with Crippen LogP contribution in [0, 0.1) is 20.8 Å². The highest BCUT2D eigenvalue weighted by Crippen LogP contribution is 2.32. The van der Waals surface area contributed by atoms with E-state index in [-0.39, 0.29) is 17.5 Å². The van der Waals surface area contributed by atoms with Gasteiger partial charge in [0.1, 0.15) is 15.6 Å². The Hall–Kier alpha value is -3.46. The number of hydrogen-bond donors (Lipinski definition) is 1. The fourth-order valence-corrected chi connectivity index (χ4v) is 4.75. The molecule has 172 valence electrons. The molecule has 0 fully saturated rings. The molecule has 8 nitrogen and oxygen atoms in total. The molecule has 0 radical (unpaired) electrons. The van der Waals surface area contributed by atoms with Gasteiger partial charge >= 0.3 is 0 Å². The van der Waals surface area contributed by atoms with Crippen molar-refractivity contribution in [2.75, 3.05) is 6.61 Å². The number of nitrogens with one attached hydrogen (secondary N) is 1. The van der Waals surface area contributed by atoms with Crippen LogP contribution in [0.2, 0.25) is 0 Å². The highest BCUT2D eigenvalue weighted by Gasteiger charge is 2.23. The minimum absolute atomic E-state index is 0.237. The van der Waals surface area contributed by atoms with Crippen LogP contribution >= 0.6 is 11.3 Å². The minimum Gasteiger partial charge on any atom is -0.490 e. The number of fused-ring (bicyclic) bond motifs is 1. The first-order valence-electron chi connectivity index (χ1n) is 10.7. The zero-order chi connectivity index (χ0) is 23.9. The molecule has 1 unspecified atom stereocenters. The van der Waals surface area contributed by atoms with Crippen LogP contribution in [0.4, 0.5) is 0 Å². The summed E-state index contributed by atoms with van der Waals surface area (Å²) < 4.78 is 12.9. The molecule has 0 spiro atoms. The molecule has 0 saturated heterocycles. The maximum atomic E-state index is 13.1. The van der Waals surface area contributed by atoms with Gasteiger partial charge in [-0.05, 0) is 52.3 Å². The average Bonchev–Trinajstić information content (AvgIpc) is 3.37. The zero-order valence-corrected chi connectivity index (χ0v) is 20.3. The molecule has 9 heteroatoms. The zero-order valence-electron chi connectivity index (χ0n) is 19.5. The van der Waals surface area contributed by atoms with Gasteiger partial charge in [0.2, 0.25) is 0 Å². The van der Waals surface area contributed by atoms with Crippen LogP contribution in [0.1, 0.15) is 52.3 Å². The lowest BCUT2D eigenvalue weighted by Gasteiger charge is -2.10. The van der Waals surface area contributed by atoms with Crippen LogP contribution in [-0.4, -0.2) is 27.3 Å². The number of thiazole rings is 1. The molecule has 0 saturated carbocycles. The van der Waals surface area contributed by atoms with Gasteiger partial charge in [-0.1, -0.05) is 12.1 Å². The summed E-state index contributed by atoms with van der Waals surface area (Å²) in [5.74, 6) is 1.03. The molecular formula is C24H26N4O4S. The summed E-state index contributed by atoms with van der Waals surface area (Å²) in [7, 11) is 1.61. The fraction of sp³-hybridized carbons (Fsp3) is 0.333. The van der Waals surface area contributed by atoms with E-state index in [2.05, 4.69) is 15.4 Å². The third-order valence-electron chi connectivity index (χ3n) is 5.54. The Labute approximate surface area is 195 Å². The van der Waals surface area contributed by atoms with E-state index in [1.54, 1.807) is 14.0 Å². The first-order valence-corrected chi connectivity index (χ1v) is 11.5. The van der Waals surface area contributed by atoms with E-state index < -0.39 is 0 Å². The number of carbonyl (C=O) groups is 1. The number of amides is 1. The highest BCUT2D eigenvalue weighted by atomic mass is 32.1. The van der Waals surface area contributed by atoms with E-state index in [9.17, 15) is 9.59 Å². The molecule has 1 amide bonds. The first kappa shape index (κ1) is 22.7.